The topological polar surface area (TPSA) is 67.4 Å². The lowest BCUT2D eigenvalue weighted by atomic mass is 10.0. The molecule has 0 unspecified atom stereocenters. The van der Waals surface area contributed by atoms with E-state index in [0.717, 1.165) is 22.4 Å². The third kappa shape index (κ3) is 3.75. The van der Waals surface area contributed by atoms with Crippen LogP contribution in [-0.2, 0) is 4.79 Å². The summed E-state index contributed by atoms with van der Waals surface area (Å²) in [5.74, 6) is 0.361. The van der Waals surface area contributed by atoms with Crippen LogP contribution in [0.1, 0.15) is 27.0 Å². The summed E-state index contributed by atoms with van der Waals surface area (Å²) >= 11 is 0. The van der Waals surface area contributed by atoms with Gasteiger partial charge in [-0.25, -0.2) is 0 Å². The molecular formula is C24H20N2O3. The van der Waals surface area contributed by atoms with E-state index in [1.54, 1.807) is 31.4 Å². The molecule has 2 amide bonds. The Morgan fingerprint density at radius 3 is 2.55 bits per heavy atom. The Hall–Kier alpha value is -3.86. The Kier molecular flexibility index (Phi) is 4.87. The summed E-state index contributed by atoms with van der Waals surface area (Å²) in [5, 5.41) is 5.82. The summed E-state index contributed by atoms with van der Waals surface area (Å²) in [6, 6.07) is 20.2. The van der Waals surface area contributed by atoms with Gasteiger partial charge in [0.25, 0.3) is 11.8 Å². The van der Waals surface area contributed by atoms with Gasteiger partial charge in [0.15, 0.2) is 0 Å². The Labute approximate surface area is 169 Å². The van der Waals surface area contributed by atoms with Crippen molar-refractivity contribution in [3.8, 4) is 5.75 Å². The Bertz CT molecular complexity index is 1130. The van der Waals surface area contributed by atoms with E-state index in [0.29, 0.717) is 22.6 Å². The molecule has 0 aliphatic carbocycles. The minimum atomic E-state index is -0.211. The number of nitrogens with one attached hydrogen (secondary N) is 2. The van der Waals surface area contributed by atoms with Gasteiger partial charge in [0.1, 0.15) is 5.75 Å². The summed E-state index contributed by atoms with van der Waals surface area (Å²) in [4.78, 5) is 24.9. The lowest BCUT2D eigenvalue weighted by Crippen LogP contribution is -2.11. The van der Waals surface area contributed by atoms with Gasteiger partial charge in [0, 0.05) is 22.4 Å². The smallest absolute Gasteiger partial charge is 0.256 e. The van der Waals surface area contributed by atoms with E-state index in [1.807, 2.05) is 55.5 Å². The van der Waals surface area contributed by atoms with Crippen molar-refractivity contribution in [1.29, 1.82) is 0 Å². The summed E-state index contributed by atoms with van der Waals surface area (Å²) in [6.45, 7) is 1.97. The van der Waals surface area contributed by atoms with Crippen molar-refractivity contribution in [2.75, 3.05) is 17.7 Å². The maximum atomic E-state index is 12.5. The molecule has 0 atom stereocenters. The first-order valence-corrected chi connectivity index (χ1v) is 9.23. The number of hydrogen-bond donors (Lipinski definition) is 2. The standard InChI is InChI=1S/C24H20N2O3/c1-15-5-3-8-20-21(24(28)26-22(15)20)14-16-6-4-7-18(13-16)25-23(27)17-9-11-19(29-2)12-10-17/h3-14H,1-2H3,(H,25,27)(H,26,28)/b21-14-. The zero-order valence-corrected chi connectivity index (χ0v) is 16.2. The van der Waals surface area contributed by atoms with E-state index in [-0.39, 0.29) is 11.8 Å². The Balaban J connectivity index is 1.58. The first-order valence-electron chi connectivity index (χ1n) is 9.23. The SMILES string of the molecule is COc1ccc(C(=O)Nc2cccc(/C=C3\C(=O)Nc4c(C)cccc43)c2)cc1. The van der Waals surface area contributed by atoms with Crippen molar-refractivity contribution in [3.05, 3.63) is 89.0 Å². The van der Waals surface area contributed by atoms with E-state index in [2.05, 4.69) is 10.6 Å². The zero-order chi connectivity index (χ0) is 20.4. The highest BCUT2D eigenvalue weighted by atomic mass is 16.5. The molecule has 0 spiro atoms. The maximum absolute atomic E-state index is 12.5. The average Bonchev–Trinajstić information content (AvgIpc) is 3.05. The van der Waals surface area contributed by atoms with Crippen LogP contribution in [-0.4, -0.2) is 18.9 Å². The monoisotopic (exact) mass is 384 g/mol. The van der Waals surface area contributed by atoms with Crippen LogP contribution < -0.4 is 15.4 Å². The second-order valence-electron chi connectivity index (χ2n) is 6.82. The van der Waals surface area contributed by atoms with Gasteiger partial charge in [-0.2, -0.15) is 0 Å². The molecule has 0 radical (unpaired) electrons. The Morgan fingerprint density at radius 1 is 1.03 bits per heavy atom. The predicted octanol–water partition coefficient (Wildman–Crippen LogP) is 4.75. The highest BCUT2D eigenvalue weighted by molar-refractivity contribution is 6.35. The van der Waals surface area contributed by atoms with Gasteiger partial charge in [-0.3, -0.25) is 9.59 Å². The molecular weight excluding hydrogens is 364 g/mol. The number of anilines is 2. The number of carbonyl (C=O) groups is 2. The van der Waals surface area contributed by atoms with Crippen molar-refractivity contribution in [2.24, 2.45) is 0 Å². The third-order valence-electron chi connectivity index (χ3n) is 4.85. The molecule has 2 N–H and O–H groups in total. The number of carbonyl (C=O) groups excluding carboxylic acids is 2. The zero-order valence-electron chi connectivity index (χ0n) is 16.2. The number of benzene rings is 3. The number of ether oxygens (including phenoxy) is 1. The van der Waals surface area contributed by atoms with E-state index in [1.165, 1.54) is 0 Å². The first-order chi connectivity index (χ1) is 14.0. The van der Waals surface area contributed by atoms with Crippen LogP contribution in [0.4, 0.5) is 11.4 Å². The minimum Gasteiger partial charge on any atom is -0.497 e. The molecule has 29 heavy (non-hydrogen) atoms. The molecule has 3 aromatic carbocycles. The quantitative estimate of drug-likeness (QED) is 0.638. The van der Waals surface area contributed by atoms with Gasteiger partial charge < -0.3 is 15.4 Å². The number of methoxy groups -OCH3 is 1. The summed E-state index contributed by atoms with van der Waals surface area (Å²) in [5.41, 5.74) is 5.41. The molecule has 3 aromatic rings. The Morgan fingerprint density at radius 2 is 1.79 bits per heavy atom. The first kappa shape index (κ1) is 18.5. The third-order valence-corrected chi connectivity index (χ3v) is 4.85. The van der Waals surface area contributed by atoms with Crippen molar-refractivity contribution >= 4 is 34.8 Å². The average molecular weight is 384 g/mol. The van der Waals surface area contributed by atoms with Gasteiger partial charge in [-0.1, -0.05) is 30.3 Å². The van der Waals surface area contributed by atoms with Crippen LogP contribution in [0.3, 0.4) is 0 Å². The van der Waals surface area contributed by atoms with Crippen molar-refractivity contribution in [1.82, 2.24) is 0 Å². The molecule has 4 rings (SSSR count). The normalized spacial score (nSPS) is 13.7. The van der Waals surface area contributed by atoms with Crippen LogP contribution in [0.15, 0.2) is 66.7 Å². The predicted molar refractivity (Wildman–Crippen MR) is 115 cm³/mol. The fraction of sp³-hybridized carbons (Fsp3) is 0.0833. The molecule has 1 aliphatic rings. The minimum absolute atomic E-state index is 0.123. The fourth-order valence-corrected chi connectivity index (χ4v) is 3.32. The van der Waals surface area contributed by atoms with Crippen LogP contribution in [0, 0.1) is 6.92 Å². The van der Waals surface area contributed by atoms with E-state index in [9.17, 15) is 9.59 Å². The number of fused-ring (bicyclic) bond motifs is 1. The molecule has 144 valence electrons. The van der Waals surface area contributed by atoms with E-state index < -0.39 is 0 Å². The second kappa shape index (κ2) is 7.64. The molecule has 5 nitrogen and oxygen atoms in total. The van der Waals surface area contributed by atoms with Gasteiger partial charge in [0.2, 0.25) is 0 Å². The number of aryl methyl sites for hydroxylation is 1. The number of amides is 2. The lowest BCUT2D eigenvalue weighted by Gasteiger charge is -2.07. The molecule has 0 bridgehead atoms. The second-order valence-corrected chi connectivity index (χ2v) is 6.82. The molecule has 0 saturated carbocycles. The molecule has 5 heteroatoms. The van der Waals surface area contributed by atoms with E-state index in [4.69, 9.17) is 4.74 Å². The maximum Gasteiger partial charge on any atom is 0.256 e. The summed E-state index contributed by atoms with van der Waals surface area (Å²) in [7, 11) is 1.58. The van der Waals surface area contributed by atoms with E-state index >= 15 is 0 Å². The van der Waals surface area contributed by atoms with Gasteiger partial charge in [-0.15, -0.1) is 0 Å². The van der Waals surface area contributed by atoms with Crippen LogP contribution >= 0.6 is 0 Å². The summed E-state index contributed by atoms with van der Waals surface area (Å²) < 4.78 is 5.12. The molecule has 0 aromatic heterocycles. The largest absolute Gasteiger partial charge is 0.497 e. The molecule has 0 fully saturated rings. The summed E-state index contributed by atoms with van der Waals surface area (Å²) in [6.07, 6.45) is 1.84. The van der Waals surface area contributed by atoms with Gasteiger partial charge in [0.05, 0.1) is 12.8 Å². The molecule has 1 heterocycles. The van der Waals surface area contributed by atoms with Crippen LogP contribution in [0.25, 0.3) is 11.6 Å². The molecule has 0 saturated heterocycles. The lowest BCUT2D eigenvalue weighted by molar-refractivity contribution is -0.110. The number of para-hydroxylation sites is 1. The van der Waals surface area contributed by atoms with Crippen molar-refractivity contribution in [3.63, 3.8) is 0 Å². The van der Waals surface area contributed by atoms with Crippen molar-refractivity contribution < 1.29 is 14.3 Å². The highest BCUT2D eigenvalue weighted by Gasteiger charge is 2.25. The van der Waals surface area contributed by atoms with Crippen LogP contribution in [0.5, 0.6) is 5.75 Å². The highest BCUT2D eigenvalue weighted by Crippen LogP contribution is 2.35. The number of hydrogen-bond acceptors (Lipinski definition) is 3. The van der Waals surface area contributed by atoms with Gasteiger partial charge >= 0.3 is 0 Å². The molecule has 1 aliphatic heterocycles. The van der Waals surface area contributed by atoms with Gasteiger partial charge in [-0.05, 0) is 60.5 Å². The van der Waals surface area contributed by atoms with Crippen LogP contribution in [0.2, 0.25) is 0 Å². The van der Waals surface area contributed by atoms with Crippen molar-refractivity contribution in [2.45, 2.75) is 6.92 Å². The fourth-order valence-electron chi connectivity index (χ4n) is 3.32. The number of rotatable bonds is 4.